The van der Waals surface area contributed by atoms with Crippen LogP contribution in [0.4, 0.5) is 0 Å². The first kappa shape index (κ1) is 14.4. The first-order valence-corrected chi connectivity index (χ1v) is 7.83. The van der Waals surface area contributed by atoms with E-state index in [-0.39, 0.29) is 6.04 Å². The summed E-state index contributed by atoms with van der Waals surface area (Å²) in [4.78, 5) is 0. The molecule has 3 heteroatoms. The Kier molecular flexibility index (Phi) is 4.47. The predicted octanol–water partition coefficient (Wildman–Crippen LogP) is 3.78. The predicted molar refractivity (Wildman–Crippen MR) is 87.1 cm³/mol. The minimum Gasteiger partial charge on any atom is -0.493 e. The summed E-state index contributed by atoms with van der Waals surface area (Å²) in [5, 5.41) is 0.771. The molecule has 0 saturated heterocycles. The highest BCUT2D eigenvalue weighted by atomic mass is 35.5. The lowest BCUT2D eigenvalue weighted by Crippen LogP contribution is -2.23. The Morgan fingerprint density at radius 1 is 1.10 bits per heavy atom. The van der Waals surface area contributed by atoms with E-state index >= 15 is 0 Å². The molecule has 0 amide bonds. The van der Waals surface area contributed by atoms with Crippen LogP contribution in [0.3, 0.4) is 0 Å². The Labute approximate surface area is 130 Å². The molecular weight excluding hydrogens is 282 g/mol. The fourth-order valence-corrected chi connectivity index (χ4v) is 2.90. The number of ether oxygens (including phenoxy) is 1. The van der Waals surface area contributed by atoms with E-state index in [1.807, 2.05) is 12.1 Å². The van der Waals surface area contributed by atoms with Gasteiger partial charge < -0.3 is 10.5 Å². The van der Waals surface area contributed by atoms with Crippen LogP contribution in [0, 0.1) is 0 Å². The highest BCUT2D eigenvalue weighted by Crippen LogP contribution is 2.26. The lowest BCUT2D eigenvalue weighted by molar-refractivity contribution is 0.357. The summed E-state index contributed by atoms with van der Waals surface area (Å²) < 4.78 is 5.53. The third-order valence-electron chi connectivity index (χ3n) is 3.97. The number of fused-ring (bicyclic) bond motifs is 1. The molecule has 2 N–H and O–H groups in total. The lowest BCUT2D eigenvalue weighted by atomic mass is 9.98. The Hall–Kier alpha value is -1.51. The van der Waals surface area contributed by atoms with E-state index in [1.165, 1.54) is 16.7 Å². The largest absolute Gasteiger partial charge is 0.493 e. The van der Waals surface area contributed by atoms with Crippen LogP contribution in [0.25, 0.3) is 0 Å². The van der Waals surface area contributed by atoms with Crippen molar-refractivity contribution in [2.75, 3.05) is 6.61 Å². The average Bonchev–Trinajstić information content (AvgIpc) is 2.95. The van der Waals surface area contributed by atoms with Gasteiger partial charge in [-0.1, -0.05) is 35.9 Å². The molecule has 2 aromatic carbocycles. The maximum absolute atomic E-state index is 6.25. The van der Waals surface area contributed by atoms with Crippen molar-refractivity contribution in [2.24, 2.45) is 5.73 Å². The van der Waals surface area contributed by atoms with Gasteiger partial charge in [0.05, 0.1) is 6.61 Å². The normalized spacial score (nSPS) is 14.6. The van der Waals surface area contributed by atoms with Crippen molar-refractivity contribution < 1.29 is 4.74 Å². The Morgan fingerprint density at radius 3 is 2.67 bits per heavy atom. The summed E-state index contributed by atoms with van der Waals surface area (Å²) in [6, 6.07) is 14.6. The molecule has 1 unspecified atom stereocenters. The van der Waals surface area contributed by atoms with Gasteiger partial charge in [0.25, 0.3) is 0 Å². The molecule has 21 heavy (non-hydrogen) atoms. The molecule has 0 saturated carbocycles. The molecule has 1 aliphatic rings. The van der Waals surface area contributed by atoms with E-state index in [0.717, 1.165) is 43.1 Å². The molecule has 1 heterocycles. The fourth-order valence-electron chi connectivity index (χ4n) is 2.77. The van der Waals surface area contributed by atoms with Crippen LogP contribution in [-0.2, 0) is 19.3 Å². The van der Waals surface area contributed by atoms with Gasteiger partial charge in [0.15, 0.2) is 0 Å². The van der Waals surface area contributed by atoms with Gasteiger partial charge in [0.2, 0.25) is 0 Å². The molecule has 110 valence electrons. The lowest BCUT2D eigenvalue weighted by Gasteiger charge is -2.12. The molecule has 0 fully saturated rings. The minimum atomic E-state index is 0.177. The van der Waals surface area contributed by atoms with Crippen molar-refractivity contribution in [3.63, 3.8) is 0 Å². The first-order chi connectivity index (χ1) is 10.2. The summed E-state index contributed by atoms with van der Waals surface area (Å²) in [6.45, 7) is 0.814. The second-order valence-corrected chi connectivity index (χ2v) is 6.11. The summed E-state index contributed by atoms with van der Waals surface area (Å²) in [5.41, 5.74) is 10.2. The third kappa shape index (κ3) is 3.78. The zero-order chi connectivity index (χ0) is 14.7. The third-order valence-corrected chi connectivity index (χ3v) is 4.22. The Bertz CT molecular complexity index is 609. The van der Waals surface area contributed by atoms with E-state index in [0.29, 0.717) is 0 Å². The fraction of sp³-hybridized carbons (Fsp3) is 0.333. The van der Waals surface area contributed by atoms with Gasteiger partial charge in [-0.05, 0) is 54.2 Å². The first-order valence-electron chi connectivity index (χ1n) is 7.45. The second-order valence-electron chi connectivity index (χ2n) is 5.67. The van der Waals surface area contributed by atoms with Crippen LogP contribution in [0.15, 0.2) is 42.5 Å². The molecule has 0 bridgehead atoms. The maximum Gasteiger partial charge on any atom is 0.122 e. The van der Waals surface area contributed by atoms with Gasteiger partial charge in [0, 0.05) is 17.5 Å². The zero-order valence-corrected chi connectivity index (χ0v) is 12.8. The van der Waals surface area contributed by atoms with Crippen molar-refractivity contribution in [1.82, 2.24) is 0 Å². The van der Waals surface area contributed by atoms with Gasteiger partial charge >= 0.3 is 0 Å². The summed E-state index contributed by atoms with van der Waals surface area (Å²) in [5.74, 6) is 1.05. The van der Waals surface area contributed by atoms with Crippen molar-refractivity contribution in [1.29, 1.82) is 0 Å². The number of aryl methyl sites for hydroxylation is 1. The van der Waals surface area contributed by atoms with Crippen LogP contribution in [0.2, 0.25) is 5.02 Å². The van der Waals surface area contributed by atoms with E-state index in [9.17, 15) is 0 Å². The standard InChI is InChI=1S/C18H20ClNO/c19-16-5-1-14(2-6-16)12-17(20)7-3-13-4-8-18-15(11-13)9-10-21-18/h1-2,4-6,8,11,17H,3,7,9-10,12,20H2. The smallest absolute Gasteiger partial charge is 0.122 e. The van der Waals surface area contributed by atoms with Crippen molar-refractivity contribution >= 4 is 11.6 Å². The SMILES string of the molecule is NC(CCc1ccc2c(c1)CCO2)Cc1ccc(Cl)cc1. The highest BCUT2D eigenvalue weighted by Gasteiger charge is 2.12. The Morgan fingerprint density at radius 2 is 1.86 bits per heavy atom. The van der Waals surface area contributed by atoms with Gasteiger partial charge in [-0.15, -0.1) is 0 Å². The van der Waals surface area contributed by atoms with Crippen LogP contribution >= 0.6 is 11.6 Å². The van der Waals surface area contributed by atoms with Gasteiger partial charge in [-0.25, -0.2) is 0 Å². The second kappa shape index (κ2) is 6.50. The van der Waals surface area contributed by atoms with Crippen LogP contribution < -0.4 is 10.5 Å². The topological polar surface area (TPSA) is 35.2 Å². The molecule has 1 aliphatic heterocycles. The van der Waals surface area contributed by atoms with E-state index in [4.69, 9.17) is 22.1 Å². The van der Waals surface area contributed by atoms with Crippen molar-refractivity contribution in [3.05, 3.63) is 64.2 Å². The minimum absolute atomic E-state index is 0.177. The average molecular weight is 302 g/mol. The molecule has 1 atom stereocenters. The highest BCUT2D eigenvalue weighted by molar-refractivity contribution is 6.30. The van der Waals surface area contributed by atoms with E-state index in [1.54, 1.807) is 0 Å². The molecular formula is C18H20ClNO. The molecule has 0 aromatic heterocycles. The number of hydrogen-bond donors (Lipinski definition) is 1. The zero-order valence-electron chi connectivity index (χ0n) is 12.0. The van der Waals surface area contributed by atoms with Gasteiger partial charge in [0.1, 0.15) is 5.75 Å². The quantitative estimate of drug-likeness (QED) is 0.912. The van der Waals surface area contributed by atoms with E-state index < -0.39 is 0 Å². The van der Waals surface area contributed by atoms with Crippen molar-refractivity contribution in [2.45, 2.75) is 31.7 Å². The molecule has 0 spiro atoms. The van der Waals surface area contributed by atoms with Gasteiger partial charge in [-0.2, -0.15) is 0 Å². The summed E-state index contributed by atoms with van der Waals surface area (Å²) in [6.07, 6.45) is 3.93. The molecule has 3 rings (SSSR count). The molecule has 2 nitrogen and oxygen atoms in total. The maximum atomic E-state index is 6.25. The number of rotatable bonds is 5. The molecule has 2 aromatic rings. The summed E-state index contributed by atoms with van der Waals surface area (Å²) in [7, 11) is 0. The summed E-state index contributed by atoms with van der Waals surface area (Å²) >= 11 is 5.89. The Balaban J connectivity index is 1.53. The molecule has 0 aliphatic carbocycles. The number of nitrogens with two attached hydrogens (primary N) is 1. The monoisotopic (exact) mass is 301 g/mol. The number of hydrogen-bond acceptors (Lipinski definition) is 2. The van der Waals surface area contributed by atoms with Crippen LogP contribution in [-0.4, -0.2) is 12.6 Å². The van der Waals surface area contributed by atoms with Crippen molar-refractivity contribution in [3.8, 4) is 5.75 Å². The number of benzene rings is 2. The van der Waals surface area contributed by atoms with Crippen LogP contribution in [0.1, 0.15) is 23.1 Å². The van der Waals surface area contributed by atoms with Gasteiger partial charge in [-0.3, -0.25) is 0 Å². The molecule has 0 radical (unpaired) electrons. The van der Waals surface area contributed by atoms with Crippen LogP contribution in [0.5, 0.6) is 5.75 Å². The number of halogens is 1. The van der Waals surface area contributed by atoms with E-state index in [2.05, 4.69) is 30.3 Å².